The highest BCUT2D eigenvalue weighted by Gasteiger charge is 2.27. The maximum Gasteiger partial charge on any atom is 0.138 e. The van der Waals surface area contributed by atoms with Gasteiger partial charge in [0.05, 0.1) is 10.6 Å². The molecule has 82 valence electrons. The van der Waals surface area contributed by atoms with Gasteiger partial charge in [-0.3, -0.25) is 0 Å². The Balaban J connectivity index is 2.51. The largest absolute Gasteiger partial charge is 0.489 e. The summed E-state index contributed by atoms with van der Waals surface area (Å²) in [6.45, 7) is 2.02. The zero-order valence-electron chi connectivity index (χ0n) is 8.68. The van der Waals surface area contributed by atoms with Crippen LogP contribution in [-0.4, -0.2) is 13.2 Å². The van der Waals surface area contributed by atoms with Gasteiger partial charge in [-0.2, -0.15) is 0 Å². The minimum atomic E-state index is -0.237. The zero-order valence-corrected chi connectivity index (χ0v) is 10.3. The number of ether oxygens (including phenoxy) is 1. The van der Waals surface area contributed by atoms with Crippen LogP contribution < -0.4 is 10.1 Å². The van der Waals surface area contributed by atoms with Gasteiger partial charge in [-0.1, -0.05) is 0 Å². The average molecular weight is 274 g/mol. The minimum absolute atomic E-state index is 0.150. The Kier molecular flexibility index (Phi) is 2.98. The van der Waals surface area contributed by atoms with Gasteiger partial charge in [0.2, 0.25) is 0 Å². The molecule has 0 radical (unpaired) electrons. The summed E-state index contributed by atoms with van der Waals surface area (Å²) in [6.07, 6.45) is 1.01. The summed E-state index contributed by atoms with van der Waals surface area (Å²) in [5.74, 6) is 0.522. The molecule has 15 heavy (non-hydrogen) atoms. The molecule has 0 spiro atoms. The van der Waals surface area contributed by atoms with Crippen molar-refractivity contribution < 1.29 is 9.13 Å². The molecule has 1 heterocycles. The molecule has 1 aromatic carbocycles. The summed E-state index contributed by atoms with van der Waals surface area (Å²) in [5, 5.41) is 3.18. The summed E-state index contributed by atoms with van der Waals surface area (Å²) < 4.78 is 19.6. The summed E-state index contributed by atoms with van der Waals surface area (Å²) in [5.41, 5.74) is 0.891. The topological polar surface area (TPSA) is 21.3 Å². The first-order chi connectivity index (χ1) is 7.11. The SMILES string of the molecule is CNC1CC(C)Oc2c(Br)cc(F)cc21. The second-order valence-electron chi connectivity index (χ2n) is 3.81. The number of rotatable bonds is 1. The Morgan fingerprint density at radius 2 is 2.27 bits per heavy atom. The lowest BCUT2D eigenvalue weighted by atomic mass is 9.97. The first kappa shape index (κ1) is 10.9. The fraction of sp³-hybridized carbons (Fsp3) is 0.455. The van der Waals surface area contributed by atoms with Crippen LogP contribution in [0.2, 0.25) is 0 Å². The molecule has 0 fully saturated rings. The number of fused-ring (bicyclic) bond motifs is 1. The summed E-state index contributed by atoms with van der Waals surface area (Å²) in [6, 6.07) is 3.13. The van der Waals surface area contributed by atoms with Crippen molar-refractivity contribution in [1.82, 2.24) is 5.32 Å². The van der Waals surface area contributed by atoms with Crippen molar-refractivity contribution >= 4 is 15.9 Å². The van der Waals surface area contributed by atoms with Crippen molar-refractivity contribution in [1.29, 1.82) is 0 Å². The summed E-state index contributed by atoms with van der Waals surface area (Å²) in [4.78, 5) is 0. The lowest BCUT2D eigenvalue weighted by Gasteiger charge is -2.30. The highest BCUT2D eigenvalue weighted by Crippen LogP contribution is 2.40. The molecule has 1 aliphatic rings. The van der Waals surface area contributed by atoms with E-state index in [4.69, 9.17) is 4.74 Å². The van der Waals surface area contributed by atoms with E-state index in [1.54, 1.807) is 0 Å². The van der Waals surface area contributed by atoms with E-state index >= 15 is 0 Å². The third-order valence-corrected chi connectivity index (χ3v) is 3.24. The monoisotopic (exact) mass is 273 g/mol. The first-order valence-electron chi connectivity index (χ1n) is 4.94. The molecule has 1 aliphatic heterocycles. The molecule has 1 N–H and O–H groups in total. The van der Waals surface area contributed by atoms with E-state index in [1.807, 2.05) is 14.0 Å². The van der Waals surface area contributed by atoms with Crippen LogP contribution in [0, 0.1) is 5.82 Å². The van der Waals surface area contributed by atoms with Gasteiger partial charge in [0, 0.05) is 18.0 Å². The second kappa shape index (κ2) is 4.10. The van der Waals surface area contributed by atoms with E-state index in [1.165, 1.54) is 12.1 Å². The van der Waals surface area contributed by atoms with Crippen LogP contribution in [0.15, 0.2) is 16.6 Å². The molecule has 1 aromatic rings. The van der Waals surface area contributed by atoms with Crippen LogP contribution in [0.1, 0.15) is 24.9 Å². The number of halogens is 2. The molecule has 2 nitrogen and oxygen atoms in total. The van der Waals surface area contributed by atoms with Crippen LogP contribution in [0.5, 0.6) is 5.75 Å². The van der Waals surface area contributed by atoms with Gasteiger partial charge in [0.25, 0.3) is 0 Å². The highest BCUT2D eigenvalue weighted by molar-refractivity contribution is 9.10. The molecule has 0 aromatic heterocycles. The third kappa shape index (κ3) is 2.01. The van der Waals surface area contributed by atoms with Crippen molar-refractivity contribution in [3.05, 3.63) is 28.0 Å². The standard InChI is InChI=1S/C11H13BrFNO/c1-6-3-10(14-2)8-4-7(13)5-9(12)11(8)15-6/h4-6,10,14H,3H2,1-2H3. The lowest BCUT2D eigenvalue weighted by Crippen LogP contribution is -2.29. The quantitative estimate of drug-likeness (QED) is 0.850. The van der Waals surface area contributed by atoms with E-state index in [0.29, 0.717) is 4.47 Å². The van der Waals surface area contributed by atoms with Crippen LogP contribution >= 0.6 is 15.9 Å². The van der Waals surface area contributed by atoms with E-state index in [0.717, 1.165) is 17.7 Å². The van der Waals surface area contributed by atoms with Crippen molar-refractivity contribution in [3.63, 3.8) is 0 Å². The second-order valence-corrected chi connectivity index (χ2v) is 4.67. The van der Waals surface area contributed by atoms with Gasteiger partial charge in [0.1, 0.15) is 11.6 Å². The molecule has 4 heteroatoms. The predicted octanol–water partition coefficient (Wildman–Crippen LogP) is 3.02. The summed E-state index contributed by atoms with van der Waals surface area (Å²) in [7, 11) is 1.88. The Bertz CT molecular complexity index is 383. The lowest BCUT2D eigenvalue weighted by molar-refractivity contribution is 0.167. The molecular formula is C11H13BrFNO. The Hall–Kier alpha value is -0.610. The number of benzene rings is 1. The Labute approximate surface area is 96.9 Å². The number of nitrogens with one attached hydrogen (secondary N) is 1. The Morgan fingerprint density at radius 3 is 2.93 bits per heavy atom. The molecule has 0 bridgehead atoms. The average Bonchev–Trinajstić information content (AvgIpc) is 2.18. The van der Waals surface area contributed by atoms with Crippen molar-refractivity contribution in [3.8, 4) is 5.75 Å². The molecule has 2 atom stereocenters. The van der Waals surface area contributed by atoms with Gasteiger partial charge < -0.3 is 10.1 Å². The fourth-order valence-electron chi connectivity index (χ4n) is 1.94. The maximum atomic E-state index is 13.2. The van der Waals surface area contributed by atoms with Crippen molar-refractivity contribution in [2.45, 2.75) is 25.5 Å². The maximum absolute atomic E-state index is 13.2. The molecule has 2 unspecified atom stereocenters. The van der Waals surface area contributed by atoms with Gasteiger partial charge >= 0.3 is 0 Å². The normalized spacial score (nSPS) is 24.5. The van der Waals surface area contributed by atoms with Crippen molar-refractivity contribution in [2.75, 3.05) is 7.05 Å². The zero-order chi connectivity index (χ0) is 11.0. The molecule has 2 rings (SSSR count). The van der Waals surface area contributed by atoms with Gasteiger partial charge in [-0.05, 0) is 42.0 Å². The van der Waals surface area contributed by atoms with Crippen LogP contribution in [0.3, 0.4) is 0 Å². The smallest absolute Gasteiger partial charge is 0.138 e. The van der Waals surface area contributed by atoms with Gasteiger partial charge in [0.15, 0.2) is 0 Å². The summed E-state index contributed by atoms with van der Waals surface area (Å²) >= 11 is 3.32. The van der Waals surface area contributed by atoms with Gasteiger partial charge in [-0.15, -0.1) is 0 Å². The van der Waals surface area contributed by atoms with Crippen molar-refractivity contribution in [2.24, 2.45) is 0 Å². The van der Waals surface area contributed by atoms with E-state index in [2.05, 4.69) is 21.2 Å². The molecule has 0 saturated heterocycles. The molecular weight excluding hydrogens is 261 g/mol. The highest BCUT2D eigenvalue weighted by atomic mass is 79.9. The molecule has 0 amide bonds. The van der Waals surface area contributed by atoms with Crippen LogP contribution in [0.4, 0.5) is 4.39 Å². The third-order valence-electron chi connectivity index (χ3n) is 2.65. The van der Waals surface area contributed by atoms with E-state index < -0.39 is 0 Å². The Morgan fingerprint density at radius 1 is 1.53 bits per heavy atom. The minimum Gasteiger partial charge on any atom is -0.489 e. The fourth-order valence-corrected chi connectivity index (χ4v) is 2.49. The van der Waals surface area contributed by atoms with E-state index in [9.17, 15) is 4.39 Å². The van der Waals surface area contributed by atoms with Gasteiger partial charge in [-0.25, -0.2) is 4.39 Å². The number of hydrogen-bond donors (Lipinski definition) is 1. The van der Waals surface area contributed by atoms with Crippen LogP contribution in [0.25, 0.3) is 0 Å². The first-order valence-corrected chi connectivity index (χ1v) is 5.74. The molecule has 0 saturated carbocycles. The molecule has 0 aliphatic carbocycles. The number of hydrogen-bond acceptors (Lipinski definition) is 2. The predicted molar refractivity (Wildman–Crippen MR) is 60.6 cm³/mol. The van der Waals surface area contributed by atoms with Crippen LogP contribution in [-0.2, 0) is 0 Å². The van der Waals surface area contributed by atoms with E-state index in [-0.39, 0.29) is 18.0 Å².